The van der Waals surface area contributed by atoms with Crippen LogP contribution >= 0.6 is 0 Å². The number of aromatic nitrogens is 2. The second kappa shape index (κ2) is 5.26. The monoisotopic (exact) mass is 258 g/mol. The Balaban J connectivity index is 2.29. The van der Waals surface area contributed by atoms with Gasteiger partial charge in [-0.05, 0) is 32.9 Å². The number of aryl methyl sites for hydroxylation is 1. The molecule has 1 aromatic carbocycles. The minimum Gasteiger partial charge on any atom is -0.451 e. The largest absolute Gasteiger partial charge is 0.451 e. The number of ether oxygens (including phenoxy) is 1. The summed E-state index contributed by atoms with van der Waals surface area (Å²) in [4.78, 5) is 16.3. The van der Waals surface area contributed by atoms with Gasteiger partial charge in [-0.3, -0.25) is 0 Å². The van der Waals surface area contributed by atoms with Crippen molar-refractivity contribution < 1.29 is 9.53 Å². The fraction of sp³-hybridized carbons (Fsp3) is 0.333. The molecule has 1 unspecified atom stereocenters. The van der Waals surface area contributed by atoms with Crippen molar-refractivity contribution in [2.75, 3.05) is 0 Å². The summed E-state index contributed by atoms with van der Waals surface area (Å²) >= 11 is 0. The molecule has 19 heavy (non-hydrogen) atoms. The first-order valence-electron chi connectivity index (χ1n) is 6.29. The van der Waals surface area contributed by atoms with Crippen LogP contribution in [0, 0.1) is 0 Å². The number of hydrogen-bond donors (Lipinski definition) is 0. The van der Waals surface area contributed by atoms with Gasteiger partial charge in [-0.15, -0.1) is 0 Å². The number of hydrogen-bond acceptors (Lipinski definition) is 3. The van der Waals surface area contributed by atoms with E-state index in [2.05, 4.69) is 4.98 Å². The number of allylic oxidation sites excluding steroid dienone is 1. The molecule has 0 saturated carbocycles. The first-order chi connectivity index (χ1) is 9.04. The van der Waals surface area contributed by atoms with Crippen LogP contribution in [0.5, 0.6) is 0 Å². The molecule has 0 bridgehead atoms. The average molecular weight is 258 g/mol. The standard InChI is InChI=1S/C15H18N2O2/c1-5-10(2)15(18)19-11(3)14-16-12-8-6-7-9-13(12)17(14)4/h5-9,11H,1-4H3. The molecule has 1 aromatic heterocycles. The maximum atomic E-state index is 11.8. The third kappa shape index (κ3) is 2.52. The highest BCUT2D eigenvalue weighted by molar-refractivity contribution is 5.87. The number of imidazole rings is 1. The van der Waals surface area contributed by atoms with Crippen molar-refractivity contribution in [3.63, 3.8) is 0 Å². The maximum Gasteiger partial charge on any atom is 0.334 e. The molecule has 1 atom stereocenters. The van der Waals surface area contributed by atoms with Crippen molar-refractivity contribution in [2.45, 2.75) is 26.9 Å². The van der Waals surface area contributed by atoms with Crippen LogP contribution in [-0.2, 0) is 16.6 Å². The van der Waals surface area contributed by atoms with E-state index in [9.17, 15) is 4.79 Å². The predicted octanol–water partition coefficient (Wildman–Crippen LogP) is 3.14. The molecular formula is C15H18N2O2. The Morgan fingerprint density at radius 3 is 2.74 bits per heavy atom. The molecule has 0 spiro atoms. The zero-order chi connectivity index (χ0) is 14.0. The molecule has 1 heterocycles. The van der Waals surface area contributed by atoms with Gasteiger partial charge >= 0.3 is 5.97 Å². The van der Waals surface area contributed by atoms with Gasteiger partial charge in [-0.1, -0.05) is 18.2 Å². The van der Waals surface area contributed by atoms with Crippen molar-refractivity contribution in [3.05, 3.63) is 41.7 Å². The summed E-state index contributed by atoms with van der Waals surface area (Å²) in [5, 5.41) is 0. The molecule has 0 radical (unpaired) electrons. The summed E-state index contributed by atoms with van der Waals surface area (Å²) < 4.78 is 7.37. The summed E-state index contributed by atoms with van der Waals surface area (Å²) in [6.45, 7) is 5.39. The lowest BCUT2D eigenvalue weighted by Crippen LogP contribution is -2.13. The smallest absolute Gasteiger partial charge is 0.334 e. The molecule has 4 nitrogen and oxygen atoms in total. The van der Waals surface area contributed by atoms with E-state index in [1.165, 1.54) is 0 Å². The third-order valence-electron chi connectivity index (χ3n) is 3.22. The van der Waals surface area contributed by atoms with Gasteiger partial charge in [0.15, 0.2) is 11.9 Å². The van der Waals surface area contributed by atoms with Crippen molar-refractivity contribution >= 4 is 17.0 Å². The van der Waals surface area contributed by atoms with Gasteiger partial charge in [-0.2, -0.15) is 0 Å². The second-order valence-electron chi connectivity index (χ2n) is 4.54. The van der Waals surface area contributed by atoms with E-state index < -0.39 is 0 Å². The lowest BCUT2D eigenvalue weighted by atomic mass is 10.3. The van der Waals surface area contributed by atoms with Crippen molar-refractivity contribution in [1.29, 1.82) is 0 Å². The second-order valence-corrected chi connectivity index (χ2v) is 4.54. The van der Waals surface area contributed by atoms with Gasteiger partial charge in [0.25, 0.3) is 0 Å². The fourth-order valence-corrected chi connectivity index (χ4v) is 1.95. The van der Waals surface area contributed by atoms with E-state index in [1.54, 1.807) is 13.0 Å². The first kappa shape index (κ1) is 13.3. The highest BCUT2D eigenvalue weighted by atomic mass is 16.5. The predicted molar refractivity (Wildman–Crippen MR) is 74.7 cm³/mol. The van der Waals surface area contributed by atoms with Crippen LogP contribution in [0.15, 0.2) is 35.9 Å². The zero-order valence-corrected chi connectivity index (χ0v) is 11.7. The van der Waals surface area contributed by atoms with E-state index in [-0.39, 0.29) is 12.1 Å². The van der Waals surface area contributed by atoms with Crippen LogP contribution in [-0.4, -0.2) is 15.5 Å². The lowest BCUT2D eigenvalue weighted by Gasteiger charge is -2.13. The molecule has 0 aliphatic rings. The minimum atomic E-state index is -0.375. The number of esters is 1. The molecule has 2 aromatic rings. The van der Waals surface area contributed by atoms with E-state index in [0.29, 0.717) is 5.57 Å². The average Bonchev–Trinajstić information content (AvgIpc) is 2.75. The summed E-state index contributed by atoms with van der Waals surface area (Å²) in [5.74, 6) is 0.445. The third-order valence-corrected chi connectivity index (χ3v) is 3.22. The molecule has 0 aliphatic carbocycles. The molecule has 0 amide bonds. The molecule has 100 valence electrons. The number of carbonyl (C=O) groups excluding carboxylic acids is 1. The summed E-state index contributed by atoms with van der Waals surface area (Å²) in [6, 6.07) is 7.86. The molecule has 4 heteroatoms. The van der Waals surface area contributed by atoms with Gasteiger partial charge in [0.1, 0.15) is 0 Å². The van der Waals surface area contributed by atoms with Crippen LogP contribution in [0.1, 0.15) is 32.7 Å². The van der Waals surface area contributed by atoms with E-state index in [0.717, 1.165) is 16.9 Å². The lowest BCUT2D eigenvalue weighted by molar-refractivity contribution is -0.144. The summed E-state index contributed by atoms with van der Waals surface area (Å²) in [6.07, 6.45) is 1.36. The first-order valence-corrected chi connectivity index (χ1v) is 6.29. The Hall–Kier alpha value is -2.10. The normalized spacial score (nSPS) is 13.6. The zero-order valence-electron chi connectivity index (χ0n) is 11.7. The molecule has 0 saturated heterocycles. The highest BCUT2D eigenvalue weighted by Crippen LogP contribution is 2.22. The van der Waals surface area contributed by atoms with E-state index in [4.69, 9.17) is 4.74 Å². The van der Waals surface area contributed by atoms with Crippen LogP contribution < -0.4 is 0 Å². The van der Waals surface area contributed by atoms with Gasteiger partial charge < -0.3 is 9.30 Å². The number of carbonyl (C=O) groups is 1. The highest BCUT2D eigenvalue weighted by Gasteiger charge is 2.18. The number of fused-ring (bicyclic) bond motifs is 1. The summed E-state index contributed by atoms with van der Waals surface area (Å²) in [7, 11) is 1.93. The molecule has 0 N–H and O–H groups in total. The van der Waals surface area contributed by atoms with Gasteiger partial charge in [-0.25, -0.2) is 9.78 Å². The van der Waals surface area contributed by atoms with Crippen LogP contribution in [0.25, 0.3) is 11.0 Å². The topological polar surface area (TPSA) is 44.1 Å². The van der Waals surface area contributed by atoms with E-state index in [1.807, 2.05) is 49.7 Å². The van der Waals surface area contributed by atoms with Gasteiger partial charge in [0.2, 0.25) is 0 Å². The van der Waals surface area contributed by atoms with Gasteiger partial charge in [0.05, 0.1) is 11.0 Å². The molecule has 0 fully saturated rings. The van der Waals surface area contributed by atoms with Crippen molar-refractivity contribution in [3.8, 4) is 0 Å². The molecular weight excluding hydrogens is 240 g/mol. The fourth-order valence-electron chi connectivity index (χ4n) is 1.95. The summed E-state index contributed by atoms with van der Waals surface area (Å²) in [5.41, 5.74) is 2.54. The molecule has 0 aliphatic heterocycles. The van der Waals surface area contributed by atoms with Crippen LogP contribution in [0.3, 0.4) is 0 Å². The minimum absolute atomic E-state index is 0.304. The van der Waals surface area contributed by atoms with Gasteiger partial charge in [0, 0.05) is 12.6 Å². The Kier molecular flexibility index (Phi) is 3.69. The van der Waals surface area contributed by atoms with Crippen LogP contribution in [0.2, 0.25) is 0 Å². The Morgan fingerprint density at radius 1 is 1.42 bits per heavy atom. The Bertz CT molecular complexity index is 641. The van der Waals surface area contributed by atoms with Crippen molar-refractivity contribution in [2.24, 2.45) is 7.05 Å². The van der Waals surface area contributed by atoms with Crippen molar-refractivity contribution in [1.82, 2.24) is 9.55 Å². The quantitative estimate of drug-likeness (QED) is 0.627. The van der Waals surface area contributed by atoms with Crippen LogP contribution in [0.4, 0.5) is 0 Å². The number of nitrogens with zero attached hydrogens (tertiary/aromatic N) is 2. The Morgan fingerprint density at radius 2 is 2.11 bits per heavy atom. The van der Waals surface area contributed by atoms with E-state index >= 15 is 0 Å². The number of rotatable bonds is 3. The maximum absolute atomic E-state index is 11.8. The Labute approximate surface area is 112 Å². The number of benzene rings is 1. The number of para-hydroxylation sites is 2. The SMILES string of the molecule is CC=C(C)C(=O)OC(C)c1nc2ccccc2n1C. The molecule has 2 rings (SSSR count).